The van der Waals surface area contributed by atoms with Gasteiger partial charge in [0.05, 0.1) is 38.4 Å². The van der Waals surface area contributed by atoms with E-state index in [1.54, 1.807) is 0 Å². The summed E-state index contributed by atoms with van der Waals surface area (Å²) in [6.45, 7) is 7.61. The van der Waals surface area contributed by atoms with Crippen LogP contribution in [-0.2, 0) is 33.6 Å². The molecule has 3 fully saturated rings. The lowest BCUT2D eigenvalue weighted by molar-refractivity contribution is -0.169. The lowest BCUT2D eigenvalue weighted by atomic mass is 10.0. The van der Waals surface area contributed by atoms with Gasteiger partial charge in [0.25, 0.3) is 0 Å². The highest BCUT2D eigenvalue weighted by molar-refractivity contribution is 7.19. The second kappa shape index (κ2) is 7.42. The van der Waals surface area contributed by atoms with Crippen LogP contribution in [0.25, 0.3) is 10.2 Å². The number of thiophene rings is 1. The highest BCUT2D eigenvalue weighted by atomic mass is 32.1. The van der Waals surface area contributed by atoms with Crippen molar-refractivity contribution < 1.29 is 14.2 Å². The van der Waals surface area contributed by atoms with Crippen molar-refractivity contribution >= 4 is 27.4 Å². The van der Waals surface area contributed by atoms with E-state index in [0.717, 1.165) is 83.6 Å². The average molecular weight is 417 g/mol. The number of anilines is 1. The summed E-state index contributed by atoms with van der Waals surface area (Å²) in [7, 11) is 0. The van der Waals surface area contributed by atoms with Crippen LogP contribution in [0.4, 0.5) is 5.82 Å². The molecule has 0 saturated carbocycles. The van der Waals surface area contributed by atoms with Gasteiger partial charge in [0, 0.05) is 43.9 Å². The third kappa shape index (κ3) is 3.35. The first-order valence-corrected chi connectivity index (χ1v) is 11.8. The monoisotopic (exact) mass is 416 g/mol. The normalized spacial score (nSPS) is 24.6. The lowest BCUT2D eigenvalue weighted by Crippen LogP contribution is -2.45. The summed E-state index contributed by atoms with van der Waals surface area (Å²) in [5.74, 6) is 1.74. The van der Waals surface area contributed by atoms with Crippen LogP contribution in [0.15, 0.2) is 0 Å². The standard InChI is InChI=1S/C21H28N4O3S/c1-2-15-16(3-1)29-20-18(15)19(22-17(23-20)14-24-8-10-26-11-9-24)25-6-4-21(5-7-25)27-12-13-28-21/h1-14H2. The van der Waals surface area contributed by atoms with Gasteiger partial charge in [-0.3, -0.25) is 4.90 Å². The number of nitrogens with zero attached hydrogens (tertiary/aromatic N) is 4. The van der Waals surface area contributed by atoms with E-state index < -0.39 is 0 Å². The van der Waals surface area contributed by atoms with Gasteiger partial charge >= 0.3 is 0 Å². The molecular formula is C21H28N4O3S. The van der Waals surface area contributed by atoms with Crippen molar-refractivity contribution in [2.75, 3.05) is 57.5 Å². The maximum absolute atomic E-state index is 5.94. The smallest absolute Gasteiger partial charge is 0.171 e. The quantitative estimate of drug-likeness (QED) is 0.761. The fourth-order valence-electron chi connectivity index (χ4n) is 5.12. The third-order valence-electron chi connectivity index (χ3n) is 6.70. The zero-order valence-corrected chi connectivity index (χ0v) is 17.6. The molecule has 8 heteroatoms. The molecule has 5 heterocycles. The van der Waals surface area contributed by atoms with E-state index in [2.05, 4.69) is 9.80 Å². The summed E-state index contributed by atoms with van der Waals surface area (Å²) in [6.07, 6.45) is 5.43. The van der Waals surface area contributed by atoms with Crippen molar-refractivity contribution in [3.05, 3.63) is 16.3 Å². The van der Waals surface area contributed by atoms with E-state index in [0.29, 0.717) is 0 Å². The first kappa shape index (κ1) is 18.4. The van der Waals surface area contributed by atoms with Crippen LogP contribution in [0.3, 0.4) is 0 Å². The van der Waals surface area contributed by atoms with Gasteiger partial charge in [-0.05, 0) is 24.8 Å². The van der Waals surface area contributed by atoms with Gasteiger partial charge in [-0.1, -0.05) is 0 Å². The molecule has 2 aromatic heterocycles. The maximum Gasteiger partial charge on any atom is 0.171 e. The molecule has 0 unspecified atom stereocenters. The molecule has 0 bridgehead atoms. The zero-order chi connectivity index (χ0) is 19.3. The summed E-state index contributed by atoms with van der Waals surface area (Å²) in [4.78, 5) is 17.7. The molecule has 1 spiro atoms. The number of hydrogen-bond acceptors (Lipinski definition) is 8. The Hall–Kier alpha value is -1.32. The van der Waals surface area contributed by atoms with Crippen molar-refractivity contribution in [2.24, 2.45) is 0 Å². The molecule has 3 saturated heterocycles. The van der Waals surface area contributed by atoms with Crippen LogP contribution < -0.4 is 4.90 Å². The van der Waals surface area contributed by atoms with Crippen LogP contribution in [-0.4, -0.2) is 73.3 Å². The largest absolute Gasteiger partial charge is 0.379 e. The molecule has 2 aromatic rings. The number of rotatable bonds is 3. The minimum absolute atomic E-state index is 0.351. The van der Waals surface area contributed by atoms with E-state index in [4.69, 9.17) is 24.2 Å². The molecule has 0 N–H and O–H groups in total. The molecule has 29 heavy (non-hydrogen) atoms. The SMILES string of the molecule is C1Cc2sc3nc(CN4CCOCC4)nc(N4CCC5(CC4)OCCO5)c3c2C1. The second-order valence-electron chi connectivity index (χ2n) is 8.48. The number of aromatic nitrogens is 2. The Kier molecular flexibility index (Phi) is 4.72. The van der Waals surface area contributed by atoms with E-state index in [1.165, 1.54) is 39.9 Å². The van der Waals surface area contributed by atoms with Crippen molar-refractivity contribution in [3.8, 4) is 0 Å². The Morgan fingerprint density at radius 2 is 1.72 bits per heavy atom. The first-order valence-electron chi connectivity index (χ1n) is 10.9. The molecule has 4 aliphatic rings. The van der Waals surface area contributed by atoms with Gasteiger partial charge in [-0.2, -0.15) is 0 Å². The lowest BCUT2D eigenvalue weighted by Gasteiger charge is -2.38. The summed E-state index contributed by atoms with van der Waals surface area (Å²) < 4.78 is 17.4. The zero-order valence-electron chi connectivity index (χ0n) is 16.8. The number of morpholine rings is 1. The van der Waals surface area contributed by atoms with Gasteiger partial charge in [0.15, 0.2) is 5.79 Å². The predicted molar refractivity (Wildman–Crippen MR) is 112 cm³/mol. The van der Waals surface area contributed by atoms with Crippen molar-refractivity contribution in [1.82, 2.24) is 14.9 Å². The molecule has 0 amide bonds. The Balaban J connectivity index is 1.34. The van der Waals surface area contributed by atoms with Crippen LogP contribution >= 0.6 is 11.3 Å². The fourth-order valence-corrected chi connectivity index (χ4v) is 6.40. The number of piperidine rings is 1. The minimum atomic E-state index is -0.351. The van der Waals surface area contributed by atoms with E-state index >= 15 is 0 Å². The van der Waals surface area contributed by atoms with Gasteiger partial charge in [-0.15, -0.1) is 11.3 Å². The Morgan fingerprint density at radius 3 is 2.52 bits per heavy atom. The molecule has 7 nitrogen and oxygen atoms in total. The van der Waals surface area contributed by atoms with Crippen molar-refractivity contribution in [3.63, 3.8) is 0 Å². The maximum atomic E-state index is 5.94. The molecule has 6 rings (SSSR count). The van der Waals surface area contributed by atoms with Crippen molar-refractivity contribution in [2.45, 2.75) is 44.4 Å². The summed E-state index contributed by atoms with van der Waals surface area (Å²) in [5.41, 5.74) is 1.51. The Morgan fingerprint density at radius 1 is 0.931 bits per heavy atom. The number of ether oxygens (including phenoxy) is 3. The minimum Gasteiger partial charge on any atom is -0.379 e. The summed E-state index contributed by atoms with van der Waals surface area (Å²) in [5, 5.41) is 1.32. The molecule has 3 aliphatic heterocycles. The molecule has 156 valence electrons. The van der Waals surface area contributed by atoms with Gasteiger partial charge < -0.3 is 19.1 Å². The van der Waals surface area contributed by atoms with Crippen LogP contribution in [0.5, 0.6) is 0 Å². The van der Waals surface area contributed by atoms with Gasteiger partial charge in [0.1, 0.15) is 16.5 Å². The number of hydrogen-bond donors (Lipinski definition) is 0. The number of aryl methyl sites for hydroxylation is 2. The Labute approximate surface area is 175 Å². The highest BCUT2D eigenvalue weighted by Gasteiger charge is 2.40. The van der Waals surface area contributed by atoms with Crippen LogP contribution in [0.2, 0.25) is 0 Å². The molecule has 0 aromatic carbocycles. The van der Waals surface area contributed by atoms with E-state index in [9.17, 15) is 0 Å². The van der Waals surface area contributed by atoms with Crippen molar-refractivity contribution in [1.29, 1.82) is 0 Å². The number of fused-ring (bicyclic) bond motifs is 3. The Bertz CT molecular complexity index is 895. The molecule has 0 atom stereocenters. The second-order valence-corrected chi connectivity index (χ2v) is 9.57. The topological polar surface area (TPSA) is 60.0 Å². The fraction of sp³-hybridized carbons (Fsp3) is 0.714. The summed E-state index contributed by atoms with van der Waals surface area (Å²) in [6, 6.07) is 0. The highest BCUT2D eigenvalue weighted by Crippen LogP contribution is 2.42. The third-order valence-corrected chi connectivity index (χ3v) is 7.88. The molecule has 1 aliphatic carbocycles. The van der Waals surface area contributed by atoms with Crippen LogP contribution in [0, 0.1) is 0 Å². The summed E-state index contributed by atoms with van der Waals surface area (Å²) >= 11 is 1.89. The van der Waals surface area contributed by atoms with E-state index in [-0.39, 0.29) is 5.79 Å². The molecule has 0 radical (unpaired) electrons. The van der Waals surface area contributed by atoms with Crippen LogP contribution in [0.1, 0.15) is 35.5 Å². The van der Waals surface area contributed by atoms with Gasteiger partial charge in [0.2, 0.25) is 0 Å². The average Bonchev–Trinajstić information content (AvgIpc) is 3.46. The molecular weight excluding hydrogens is 388 g/mol. The van der Waals surface area contributed by atoms with E-state index in [1.807, 2.05) is 11.3 Å². The first-order chi connectivity index (χ1) is 14.3. The predicted octanol–water partition coefficient (Wildman–Crippen LogP) is 2.36. The van der Waals surface area contributed by atoms with Gasteiger partial charge in [-0.25, -0.2) is 9.97 Å².